The Bertz CT molecular complexity index is 347. The van der Waals surface area contributed by atoms with Crippen molar-refractivity contribution in [3.05, 3.63) is 22.6 Å². The molecule has 2 rings (SSSR count). The molecule has 1 heterocycles. The quantitative estimate of drug-likeness (QED) is 0.881. The minimum absolute atomic E-state index is 0.456. The Hall–Kier alpha value is 0.0700. The molecule has 0 amide bonds. The molecule has 0 unspecified atom stereocenters. The van der Waals surface area contributed by atoms with Gasteiger partial charge in [0.2, 0.25) is 0 Å². The first-order valence-electron chi connectivity index (χ1n) is 6.23. The van der Waals surface area contributed by atoms with Crippen LogP contribution >= 0.6 is 27.7 Å². The molecule has 17 heavy (non-hydrogen) atoms. The molecule has 1 aliphatic carbocycles. The zero-order valence-corrected chi connectivity index (χ0v) is 12.7. The van der Waals surface area contributed by atoms with Gasteiger partial charge in [-0.05, 0) is 41.1 Å². The van der Waals surface area contributed by atoms with Crippen LogP contribution in [0.5, 0.6) is 0 Å². The Morgan fingerprint density at radius 1 is 1.41 bits per heavy atom. The Morgan fingerprint density at radius 2 is 2.18 bits per heavy atom. The summed E-state index contributed by atoms with van der Waals surface area (Å²) in [5.41, 5.74) is 0. The Morgan fingerprint density at radius 3 is 2.76 bits per heavy atom. The van der Waals surface area contributed by atoms with E-state index in [1.807, 2.05) is 17.8 Å². The first-order valence-corrected chi connectivity index (χ1v) is 8.25. The SMILES string of the molecule is CSC1(CNCc2occc2Br)CCCCC1. The van der Waals surface area contributed by atoms with Gasteiger partial charge in [-0.25, -0.2) is 0 Å². The molecule has 0 atom stereocenters. The first kappa shape index (κ1) is 13.5. The van der Waals surface area contributed by atoms with Gasteiger partial charge < -0.3 is 9.73 Å². The van der Waals surface area contributed by atoms with E-state index >= 15 is 0 Å². The molecule has 0 bridgehead atoms. The molecule has 4 heteroatoms. The summed E-state index contributed by atoms with van der Waals surface area (Å²) in [5.74, 6) is 0.997. The van der Waals surface area contributed by atoms with Gasteiger partial charge in [0, 0.05) is 11.3 Å². The van der Waals surface area contributed by atoms with Crippen molar-refractivity contribution in [2.45, 2.75) is 43.4 Å². The van der Waals surface area contributed by atoms with Gasteiger partial charge in [0.25, 0.3) is 0 Å². The minimum Gasteiger partial charge on any atom is -0.467 e. The molecule has 0 spiro atoms. The highest BCUT2D eigenvalue weighted by molar-refractivity contribution is 9.10. The van der Waals surface area contributed by atoms with E-state index in [2.05, 4.69) is 27.5 Å². The molecule has 1 aromatic rings. The van der Waals surface area contributed by atoms with Gasteiger partial charge in [-0.3, -0.25) is 0 Å². The predicted molar refractivity (Wildman–Crippen MR) is 77.4 cm³/mol. The molecule has 1 fully saturated rings. The maximum absolute atomic E-state index is 5.40. The smallest absolute Gasteiger partial charge is 0.131 e. The molecule has 1 saturated carbocycles. The van der Waals surface area contributed by atoms with E-state index in [1.54, 1.807) is 6.26 Å². The van der Waals surface area contributed by atoms with E-state index in [4.69, 9.17) is 4.42 Å². The fraction of sp³-hybridized carbons (Fsp3) is 0.692. The molecule has 0 aliphatic heterocycles. The predicted octanol–water partition coefficient (Wildman–Crippen LogP) is 4.20. The second-order valence-electron chi connectivity index (χ2n) is 4.74. The summed E-state index contributed by atoms with van der Waals surface area (Å²) < 4.78 is 6.92. The van der Waals surface area contributed by atoms with Gasteiger partial charge in [-0.1, -0.05) is 19.3 Å². The zero-order valence-electron chi connectivity index (χ0n) is 10.3. The Labute approximate surface area is 116 Å². The third kappa shape index (κ3) is 3.52. The van der Waals surface area contributed by atoms with Crippen molar-refractivity contribution in [3.8, 4) is 0 Å². The lowest BCUT2D eigenvalue weighted by Crippen LogP contribution is -2.39. The van der Waals surface area contributed by atoms with Crippen LogP contribution in [0.3, 0.4) is 0 Å². The van der Waals surface area contributed by atoms with Crippen molar-refractivity contribution in [2.75, 3.05) is 12.8 Å². The summed E-state index contributed by atoms with van der Waals surface area (Å²) in [5, 5.41) is 3.55. The van der Waals surface area contributed by atoms with Crippen LogP contribution in [0.2, 0.25) is 0 Å². The van der Waals surface area contributed by atoms with Crippen LogP contribution in [-0.2, 0) is 6.54 Å². The van der Waals surface area contributed by atoms with Gasteiger partial charge in [0.05, 0.1) is 17.3 Å². The van der Waals surface area contributed by atoms with Gasteiger partial charge in [0.15, 0.2) is 0 Å². The average molecular weight is 318 g/mol. The lowest BCUT2D eigenvalue weighted by atomic mass is 9.88. The fourth-order valence-corrected chi connectivity index (χ4v) is 3.79. The van der Waals surface area contributed by atoms with Crippen molar-refractivity contribution in [1.82, 2.24) is 5.32 Å². The highest BCUT2D eigenvalue weighted by Gasteiger charge is 2.30. The largest absolute Gasteiger partial charge is 0.467 e. The van der Waals surface area contributed by atoms with Crippen LogP contribution in [0.1, 0.15) is 37.9 Å². The van der Waals surface area contributed by atoms with Crippen molar-refractivity contribution < 1.29 is 4.42 Å². The van der Waals surface area contributed by atoms with E-state index in [1.165, 1.54) is 32.1 Å². The second-order valence-corrected chi connectivity index (χ2v) is 6.87. The molecule has 0 saturated heterocycles. The molecule has 1 aromatic heterocycles. The molecule has 0 radical (unpaired) electrons. The first-order chi connectivity index (χ1) is 8.26. The minimum atomic E-state index is 0.456. The number of furan rings is 1. The third-order valence-electron chi connectivity index (χ3n) is 3.62. The summed E-state index contributed by atoms with van der Waals surface area (Å²) in [6.07, 6.45) is 10.8. The number of hydrogen-bond donors (Lipinski definition) is 1. The molecule has 0 aromatic carbocycles. The highest BCUT2D eigenvalue weighted by Crippen LogP contribution is 2.38. The van der Waals surface area contributed by atoms with Crippen molar-refractivity contribution in [3.63, 3.8) is 0 Å². The fourth-order valence-electron chi connectivity index (χ4n) is 2.50. The summed E-state index contributed by atoms with van der Waals surface area (Å²) in [6, 6.07) is 1.95. The molecular formula is C13H20BrNOS. The molecule has 1 aliphatic rings. The van der Waals surface area contributed by atoms with Crippen molar-refractivity contribution >= 4 is 27.7 Å². The monoisotopic (exact) mass is 317 g/mol. The number of thioether (sulfide) groups is 1. The molecular weight excluding hydrogens is 298 g/mol. The van der Waals surface area contributed by atoms with Gasteiger partial charge in [-0.15, -0.1) is 0 Å². The number of hydrogen-bond acceptors (Lipinski definition) is 3. The van der Waals surface area contributed by atoms with Crippen LogP contribution in [-0.4, -0.2) is 17.5 Å². The lowest BCUT2D eigenvalue weighted by Gasteiger charge is -2.36. The van der Waals surface area contributed by atoms with Crippen molar-refractivity contribution in [2.24, 2.45) is 0 Å². The summed E-state index contributed by atoms with van der Waals surface area (Å²) in [7, 11) is 0. The van der Waals surface area contributed by atoms with Crippen LogP contribution in [0.25, 0.3) is 0 Å². The van der Waals surface area contributed by atoms with E-state index in [9.17, 15) is 0 Å². The van der Waals surface area contributed by atoms with Gasteiger partial charge in [-0.2, -0.15) is 11.8 Å². The number of rotatable bonds is 5. The van der Waals surface area contributed by atoms with Crippen LogP contribution < -0.4 is 5.32 Å². The Kier molecular flexibility index (Phi) is 5.00. The average Bonchev–Trinajstić information content (AvgIpc) is 2.76. The van der Waals surface area contributed by atoms with E-state index in [0.717, 1.165) is 23.3 Å². The lowest BCUT2D eigenvalue weighted by molar-refractivity contribution is 0.371. The summed E-state index contributed by atoms with van der Waals surface area (Å²) >= 11 is 5.51. The highest BCUT2D eigenvalue weighted by atomic mass is 79.9. The van der Waals surface area contributed by atoms with Gasteiger partial charge >= 0.3 is 0 Å². The molecule has 1 N–H and O–H groups in total. The second kappa shape index (κ2) is 6.30. The van der Waals surface area contributed by atoms with Crippen LogP contribution in [0.15, 0.2) is 21.2 Å². The van der Waals surface area contributed by atoms with Crippen LogP contribution in [0.4, 0.5) is 0 Å². The van der Waals surface area contributed by atoms with E-state index < -0.39 is 0 Å². The summed E-state index contributed by atoms with van der Waals surface area (Å²) in [4.78, 5) is 0. The molecule has 2 nitrogen and oxygen atoms in total. The number of halogens is 1. The topological polar surface area (TPSA) is 25.2 Å². The Balaban J connectivity index is 1.82. The normalized spacial score (nSPS) is 19.4. The zero-order chi connectivity index (χ0) is 12.1. The third-order valence-corrected chi connectivity index (χ3v) is 5.75. The van der Waals surface area contributed by atoms with E-state index in [0.29, 0.717) is 4.75 Å². The van der Waals surface area contributed by atoms with E-state index in [-0.39, 0.29) is 0 Å². The molecule has 96 valence electrons. The van der Waals surface area contributed by atoms with Crippen molar-refractivity contribution in [1.29, 1.82) is 0 Å². The standard InChI is InChI=1S/C13H20BrNOS/c1-17-13(6-3-2-4-7-13)10-15-9-12-11(14)5-8-16-12/h5,8,15H,2-4,6-7,9-10H2,1H3. The maximum Gasteiger partial charge on any atom is 0.131 e. The summed E-state index contributed by atoms with van der Waals surface area (Å²) in [6.45, 7) is 1.90. The number of nitrogens with one attached hydrogen (secondary N) is 1. The van der Waals surface area contributed by atoms with Crippen LogP contribution in [0, 0.1) is 0 Å². The van der Waals surface area contributed by atoms with Gasteiger partial charge in [0.1, 0.15) is 5.76 Å². The maximum atomic E-state index is 5.40.